The van der Waals surface area contributed by atoms with Gasteiger partial charge in [0.2, 0.25) is 0 Å². The first-order valence-electron chi connectivity index (χ1n) is 5.08. The molecule has 1 heterocycles. The van der Waals surface area contributed by atoms with Crippen LogP contribution in [0.4, 0.5) is 0 Å². The second-order valence-corrected chi connectivity index (χ2v) is 3.64. The van der Waals surface area contributed by atoms with Gasteiger partial charge in [0.1, 0.15) is 11.4 Å². The van der Waals surface area contributed by atoms with E-state index in [1.807, 2.05) is 36.4 Å². The Balaban J connectivity index is 2.33. The Morgan fingerprint density at radius 3 is 2.56 bits per heavy atom. The fraction of sp³-hybridized carbons (Fsp3) is 0. The molecule has 3 rings (SSSR count). The molecule has 0 unspecified atom stereocenters. The molecule has 0 radical (unpaired) electrons. The van der Waals surface area contributed by atoms with E-state index < -0.39 is 0 Å². The lowest BCUT2D eigenvalue weighted by molar-refractivity contribution is 0.482. The van der Waals surface area contributed by atoms with E-state index >= 15 is 0 Å². The van der Waals surface area contributed by atoms with E-state index in [2.05, 4.69) is 10.2 Å². The normalized spacial score (nSPS) is 10.8. The van der Waals surface area contributed by atoms with Gasteiger partial charge in [0.25, 0.3) is 0 Å². The molecule has 3 heteroatoms. The van der Waals surface area contributed by atoms with E-state index in [0.717, 1.165) is 22.2 Å². The standard InChI is InChI=1S/C13H10N2O/c16-11-8-4-7-10-12(11)13(15-14-10)9-5-2-1-3-6-9/h1-8,16H,(H,14,15). The number of nitrogens with one attached hydrogen (secondary N) is 1. The maximum atomic E-state index is 9.84. The number of H-pyrrole nitrogens is 1. The Labute approximate surface area is 92.4 Å². The van der Waals surface area contributed by atoms with E-state index in [9.17, 15) is 5.11 Å². The van der Waals surface area contributed by atoms with Crippen LogP contribution in [0.15, 0.2) is 48.5 Å². The largest absolute Gasteiger partial charge is 0.507 e. The average molecular weight is 210 g/mol. The minimum Gasteiger partial charge on any atom is -0.507 e. The zero-order chi connectivity index (χ0) is 11.0. The third kappa shape index (κ3) is 1.26. The van der Waals surface area contributed by atoms with Gasteiger partial charge in [0.15, 0.2) is 0 Å². The Kier molecular flexibility index (Phi) is 1.90. The SMILES string of the molecule is Oc1cccc2[nH]nc(-c3ccccc3)c12. The number of benzene rings is 2. The summed E-state index contributed by atoms with van der Waals surface area (Å²) >= 11 is 0. The number of aromatic hydroxyl groups is 1. The van der Waals surface area contributed by atoms with Gasteiger partial charge in [0.05, 0.1) is 10.9 Å². The summed E-state index contributed by atoms with van der Waals surface area (Å²) in [5, 5.41) is 17.8. The van der Waals surface area contributed by atoms with Crippen LogP contribution in [-0.2, 0) is 0 Å². The van der Waals surface area contributed by atoms with Gasteiger partial charge in [-0.2, -0.15) is 5.10 Å². The van der Waals surface area contributed by atoms with E-state index in [1.165, 1.54) is 0 Å². The summed E-state index contributed by atoms with van der Waals surface area (Å²) < 4.78 is 0. The zero-order valence-electron chi connectivity index (χ0n) is 8.51. The number of aromatic amines is 1. The maximum absolute atomic E-state index is 9.84. The molecule has 2 N–H and O–H groups in total. The molecule has 1 aromatic heterocycles. The lowest BCUT2D eigenvalue weighted by Crippen LogP contribution is -1.77. The van der Waals surface area contributed by atoms with Gasteiger partial charge >= 0.3 is 0 Å². The molecule has 0 aliphatic heterocycles. The third-order valence-corrected chi connectivity index (χ3v) is 2.61. The summed E-state index contributed by atoms with van der Waals surface area (Å²) in [6, 6.07) is 15.2. The number of nitrogens with zero attached hydrogens (tertiary/aromatic N) is 1. The fourth-order valence-corrected chi connectivity index (χ4v) is 1.86. The van der Waals surface area contributed by atoms with Crippen LogP contribution in [0.2, 0.25) is 0 Å². The van der Waals surface area contributed by atoms with Gasteiger partial charge in [-0.15, -0.1) is 0 Å². The zero-order valence-corrected chi connectivity index (χ0v) is 8.51. The monoisotopic (exact) mass is 210 g/mol. The first-order chi connectivity index (χ1) is 7.86. The summed E-state index contributed by atoms with van der Waals surface area (Å²) in [7, 11) is 0. The maximum Gasteiger partial charge on any atom is 0.127 e. The minimum absolute atomic E-state index is 0.255. The highest BCUT2D eigenvalue weighted by atomic mass is 16.3. The number of fused-ring (bicyclic) bond motifs is 1. The number of aromatic nitrogens is 2. The lowest BCUT2D eigenvalue weighted by Gasteiger charge is -1.98. The fourth-order valence-electron chi connectivity index (χ4n) is 1.86. The molecule has 16 heavy (non-hydrogen) atoms. The molecule has 3 nitrogen and oxygen atoms in total. The van der Waals surface area contributed by atoms with Crippen LogP contribution in [0.25, 0.3) is 22.2 Å². The second kappa shape index (κ2) is 3.38. The van der Waals surface area contributed by atoms with E-state index in [1.54, 1.807) is 12.1 Å². The van der Waals surface area contributed by atoms with Crippen molar-refractivity contribution < 1.29 is 5.11 Å². The molecular formula is C13H10N2O. The molecule has 0 saturated carbocycles. The molecule has 3 aromatic rings. The van der Waals surface area contributed by atoms with Crippen molar-refractivity contribution in [3.8, 4) is 17.0 Å². The van der Waals surface area contributed by atoms with Crippen LogP contribution in [0, 0.1) is 0 Å². The second-order valence-electron chi connectivity index (χ2n) is 3.64. The van der Waals surface area contributed by atoms with Gasteiger partial charge in [-0.3, -0.25) is 5.10 Å². The molecule has 0 aliphatic carbocycles. The van der Waals surface area contributed by atoms with Crippen molar-refractivity contribution in [3.05, 3.63) is 48.5 Å². The van der Waals surface area contributed by atoms with E-state index in [0.29, 0.717) is 0 Å². The molecule has 78 valence electrons. The predicted molar refractivity (Wildman–Crippen MR) is 63.2 cm³/mol. The molecule has 0 fully saturated rings. The first-order valence-corrected chi connectivity index (χ1v) is 5.08. The summed E-state index contributed by atoms with van der Waals surface area (Å²) in [6.07, 6.45) is 0. The van der Waals surface area contributed by atoms with Crippen molar-refractivity contribution in [2.45, 2.75) is 0 Å². The molecule has 0 amide bonds. The summed E-state index contributed by atoms with van der Waals surface area (Å²) in [6.45, 7) is 0. The van der Waals surface area contributed by atoms with Gasteiger partial charge < -0.3 is 5.11 Å². The molecular weight excluding hydrogens is 200 g/mol. The highest BCUT2D eigenvalue weighted by molar-refractivity contribution is 5.97. The van der Waals surface area contributed by atoms with Crippen LogP contribution in [-0.4, -0.2) is 15.3 Å². The van der Waals surface area contributed by atoms with Crippen molar-refractivity contribution in [3.63, 3.8) is 0 Å². The predicted octanol–water partition coefficient (Wildman–Crippen LogP) is 2.94. The Bertz CT molecular complexity index is 629. The number of hydrogen-bond acceptors (Lipinski definition) is 2. The molecule has 0 saturated heterocycles. The summed E-state index contributed by atoms with van der Waals surface area (Å²) in [4.78, 5) is 0. The summed E-state index contributed by atoms with van der Waals surface area (Å²) in [5.41, 5.74) is 2.63. The molecule has 2 aromatic carbocycles. The van der Waals surface area contributed by atoms with Crippen LogP contribution in [0.5, 0.6) is 5.75 Å². The number of rotatable bonds is 1. The lowest BCUT2D eigenvalue weighted by atomic mass is 10.1. The summed E-state index contributed by atoms with van der Waals surface area (Å²) in [5.74, 6) is 0.255. The minimum atomic E-state index is 0.255. The van der Waals surface area contributed by atoms with Crippen LogP contribution >= 0.6 is 0 Å². The topological polar surface area (TPSA) is 48.9 Å². The van der Waals surface area contributed by atoms with Crippen LogP contribution in [0.3, 0.4) is 0 Å². The molecule has 0 spiro atoms. The van der Waals surface area contributed by atoms with Gasteiger partial charge in [-0.1, -0.05) is 36.4 Å². The smallest absolute Gasteiger partial charge is 0.127 e. The molecule has 0 bridgehead atoms. The van der Waals surface area contributed by atoms with Crippen LogP contribution in [0.1, 0.15) is 0 Å². The van der Waals surface area contributed by atoms with E-state index in [-0.39, 0.29) is 5.75 Å². The van der Waals surface area contributed by atoms with Crippen LogP contribution < -0.4 is 0 Å². The quantitative estimate of drug-likeness (QED) is 0.648. The molecule has 0 aliphatic rings. The Morgan fingerprint density at radius 2 is 1.75 bits per heavy atom. The average Bonchev–Trinajstić information content (AvgIpc) is 2.75. The number of hydrogen-bond donors (Lipinski definition) is 2. The van der Waals surface area contributed by atoms with Gasteiger partial charge in [-0.05, 0) is 12.1 Å². The Hall–Kier alpha value is -2.29. The van der Waals surface area contributed by atoms with Crippen molar-refractivity contribution in [2.75, 3.05) is 0 Å². The van der Waals surface area contributed by atoms with Gasteiger partial charge in [0, 0.05) is 5.56 Å². The first kappa shape index (κ1) is 8.97. The number of phenols is 1. The third-order valence-electron chi connectivity index (χ3n) is 2.61. The highest BCUT2D eigenvalue weighted by Crippen LogP contribution is 2.32. The molecule has 0 atom stereocenters. The van der Waals surface area contributed by atoms with Crippen molar-refractivity contribution in [1.82, 2.24) is 10.2 Å². The van der Waals surface area contributed by atoms with Crippen molar-refractivity contribution in [2.24, 2.45) is 0 Å². The van der Waals surface area contributed by atoms with Crippen molar-refractivity contribution in [1.29, 1.82) is 0 Å². The Morgan fingerprint density at radius 1 is 0.938 bits per heavy atom. The van der Waals surface area contributed by atoms with E-state index in [4.69, 9.17) is 0 Å². The highest BCUT2D eigenvalue weighted by Gasteiger charge is 2.10. The number of phenolic OH excluding ortho intramolecular Hbond substituents is 1. The van der Waals surface area contributed by atoms with Crippen molar-refractivity contribution >= 4 is 10.9 Å². The van der Waals surface area contributed by atoms with Gasteiger partial charge in [-0.25, -0.2) is 0 Å².